The third-order valence-electron chi connectivity index (χ3n) is 7.82. The zero-order valence-corrected chi connectivity index (χ0v) is 25.0. The molecule has 1 heterocycles. The van der Waals surface area contributed by atoms with Crippen LogP contribution in [0.5, 0.6) is 11.5 Å². The van der Waals surface area contributed by atoms with E-state index < -0.39 is 35.1 Å². The second-order valence-electron chi connectivity index (χ2n) is 11.1. The monoisotopic (exact) mass is 594 g/mol. The van der Waals surface area contributed by atoms with Crippen LogP contribution in [0.15, 0.2) is 60.7 Å². The van der Waals surface area contributed by atoms with Crippen LogP contribution in [0.3, 0.4) is 0 Å². The smallest absolute Gasteiger partial charge is 0.201 e. The summed E-state index contributed by atoms with van der Waals surface area (Å²) in [5.41, 5.74) is 5.03. The van der Waals surface area contributed by atoms with Gasteiger partial charge in [0.05, 0.1) is 12.2 Å². The van der Waals surface area contributed by atoms with Crippen molar-refractivity contribution in [1.29, 1.82) is 0 Å². The van der Waals surface area contributed by atoms with Crippen molar-refractivity contribution in [3.05, 3.63) is 106 Å². The molecule has 4 aromatic rings. The second kappa shape index (κ2) is 14.1. The van der Waals surface area contributed by atoms with Gasteiger partial charge < -0.3 is 14.9 Å². The van der Waals surface area contributed by atoms with Crippen molar-refractivity contribution in [2.75, 3.05) is 0 Å². The summed E-state index contributed by atoms with van der Waals surface area (Å²) in [4.78, 5) is 0. The van der Waals surface area contributed by atoms with Crippen LogP contribution in [-0.4, -0.2) is 22.4 Å². The highest BCUT2D eigenvalue weighted by atomic mass is 19.2. The van der Waals surface area contributed by atoms with Crippen LogP contribution in [0, 0.1) is 23.3 Å². The SMILES string of the molecule is CCc1ccc(-c2cc(CCC(C)O)c(O)c(F)c2F)cc1.CCc1ccc(-c2cc3c(c(F)c2F)OC(C)CC3)cc1. The Kier molecular flexibility index (Phi) is 10.5. The summed E-state index contributed by atoms with van der Waals surface area (Å²) in [6.07, 6.45) is 3.34. The zero-order chi connectivity index (χ0) is 31.3. The van der Waals surface area contributed by atoms with Crippen LogP contribution < -0.4 is 4.74 Å². The highest BCUT2D eigenvalue weighted by molar-refractivity contribution is 5.68. The van der Waals surface area contributed by atoms with Crippen LogP contribution >= 0.6 is 0 Å². The molecule has 1 aliphatic rings. The Balaban J connectivity index is 0.000000197. The number of rotatable bonds is 7. The topological polar surface area (TPSA) is 49.7 Å². The van der Waals surface area contributed by atoms with Gasteiger partial charge in [-0.2, -0.15) is 8.78 Å². The number of fused-ring (bicyclic) bond motifs is 1. The van der Waals surface area contributed by atoms with Gasteiger partial charge in [0.1, 0.15) is 0 Å². The van der Waals surface area contributed by atoms with E-state index in [0.717, 1.165) is 30.4 Å². The van der Waals surface area contributed by atoms with Gasteiger partial charge in [-0.05, 0) is 97.9 Å². The fourth-order valence-corrected chi connectivity index (χ4v) is 5.08. The highest BCUT2D eigenvalue weighted by Crippen LogP contribution is 2.37. The standard InChI is InChI=1S/C18H20F2O2.C18H18F2O/c1-3-12-5-8-13(9-6-12)15-10-14(7-4-11(2)21)18(22)17(20)16(15)19;1-3-12-5-8-13(9-6-12)15-10-14-7-4-11(2)21-18(14)17(20)16(15)19/h5-6,8-11,21-22H,3-4,7H2,1-2H3;5-6,8-11H,3-4,7H2,1-2H3. The van der Waals surface area contributed by atoms with Crippen molar-refractivity contribution in [3.63, 3.8) is 0 Å². The van der Waals surface area contributed by atoms with E-state index in [1.807, 2.05) is 50.2 Å². The number of aliphatic hydroxyl groups is 1. The van der Waals surface area contributed by atoms with Gasteiger partial charge in [0.25, 0.3) is 0 Å². The van der Waals surface area contributed by atoms with Gasteiger partial charge in [-0.25, -0.2) is 8.78 Å². The molecule has 0 spiro atoms. The summed E-state index contributed by atoms with van der Waals surface area (Å²) in [6.45, 7) is 7.57. The first kappa shape index (κ1) is 32.1. The number of aryl methyl sites for hydroxylation is 4. The molecule has 4 aromatic carbocycles. The minimum Gasteiger partial charge on any atom is -0.505 e. The van der Waals surface area contributed by atoms with Gasteiger partial charge in [-0.1, -0.05) is 62.4 Å². The molecule has 43 heavy (non-hydrogen) atoms. The van der Waals surface area contributed by atoms with Gasteiger partial charge in [-0.15, -0.1) is 0 Å². The van der Waals surface area contributed by atoms with Crippen molar-refractivity contribution >= 4 is 0 Å². The minimum atomic E-state index is -1.24. The van der Waals surface area contributed by atoms with E-state index >= 15 is 0 Å². The number of halogens is 4. The van der Waals surface area contributed by atoms with E-state index in [9.17, 15) is 27.8 Å². The van der Waals surface area contributed by atoms with Gasteiger partial charge in [0.2, 0.25) is 11.6 Å². The third kappa shape index (κ3) is 7.39. The first-order chi connectivity index (χ1) is 20.5. The molecule has 0 fully saturated rings. The van der Waals surface area contributed by atoms with Crippen molar-refractivity contribution in [1.82, 2.24) is 0 Å². The summed E-state index contributed by atoms with van der Waals surface area (Å²) in [7, 11) is 0. The maximum atomic E-state index is 14.3. The number of phenolic OH excluding ortho intramolecular Hbond substituents is 1. The molecule has 5 rings (SSSR count). The Bertz CT molecular complexity index is 1550. The molecule has 2 unspecified atom stereocenters. The molecule has 228 valence electrons. The molecule has 0 radical (unpaired) electrons. The largest absolute Gasteiger partial charge is 0.505 e. The lowest BCUT2D eigenvalue weighted by Crippen LogP contribution is -2.20. The number of hydrogen-bond donors (Lipinski definition) is 2. The minimum absolute atomic E-state index is 0.0684. The molecule has 1 aliphatic heterocycles. The van der Waals surface area contributed by atoms with E-state index in [1.165, 1.54) is 11.6 Å². The fourth-order valence-electron chi connectivity index (χ4n) is 5.08. The molecule has 0 aliphatic carbocycles. The fraction of sp³-hybridized carbons (Fsp3) is 0.333. The van der Waals surface area contributed by atoms with Crippen molar-refractivity contribution < 1.29 is 32.5 Å². The summed E-state index contributed by atoms with van der Waals surface area (Å²) in [5.74, 6) is -4.58. The average Bonchev–Trinajstić information content (AvgIpc) is 3.02. The molecule has 3 nitrogen and oxygen atoms in total. The Morgan fingerprint density at radius 3 is 1.81 bits per heavy atom. The Morgan fingerprint density at radius 2 is 1.30 bits per heavy atom. The number of hydrogen-bond acceptors (Lipinski definition) is 3. The van der Waals surface area contributed by atoms with E-state index in [4.69, 9.17) is 4.74 Å². The van der Waals surface area contributed by atoms with Gasteiger partial charge in [0, 0.05) is 11.1 Å². The second-order valence-corrected chi connectivity index (χ2v) is 11.1. The van der Waals surface area contributed by atoms with E-state index in [0.29, 0.717) is 35.1 Å². The summed E-state index contributed by atoms with van der Waals surface area (Å²) >= 11 is 0. The van der Waals surface area contributed by atoms with Crippen LogP contribution in [0.2, 0.25) is 0 Å². The quantitative estimate of drug-likeness (QED) is 0.210. The van der Waals surface area contributed by atoms with E-state index in [2.05, 4.69) is 6.92 Å². The Labute approximate surface area is 250 Å². The predicted octanol–water partition coefficient (Wildman–Crippen LogP) is 9.12. The van der Waals surface area contributed by atoms with E-state index in [1.54, 1.807) is 25.1 Å². The number of aromatic hydroxyl groups is 1. The lowest BCUT2D eigenvalue weighted by atomic mass is 9.95. The maximum absolute atomic E-state index is 14.3. The van der Waals surface area contributed by atoms with Crippen LogP contribution in [0.25, 0.3) is 22.3 Å². The molecule has 0 amide bonds. The molecule has 7 heteroatoms. The van der Waals surface area contributed by atoms with Crippen molar-refractivity contribution in [3.8, 4) is 33.8 Å². The van der Waals surface area contributed by atoms with Crippen LogP contribution in [0.4, 0.5) is 17.6 Å². The number of ether oxygens (including phenoxy) is 1. The van der Waals surface area contributed by atoms with Crippen molar-refractivity contribution in [2.24, 2.45) is 0 Å². The highest BCUT2D eigenvalue weighted by Gasteiger charge is 2.25. The first-order valence-electron chi connectivity index (χ1n) is 14.8. The average molecular weight is 595 g/mol. The van der Waals surface area contributed by atoms with Gasteiger partial charge in [0.15, 0.2) is 23.1 Å². The summed E-state index contributed by atoms with van der Waals surface area (Å²) in [6, 6.07) is 18.0. The van der Waals surface area contributed by atoms with Crippen molar-refractivity contribution in [2.45, 2.75) is 78.4 Å². The zero-order valence-electron chi connectivity index (χ0n) is 25.0. The van der Waals surface area contributed by atoms with Crippen LogP contribution in [0.1, 0.15) is 62.8 Å². The van der Waals surface area contributed by atoms with Crippen LogP contribution in [-0.2, 0) is 25.7 Å². The molecule has 0 bridgehead atoms. The third-order valence-corrected chi connectivity index (χ3v) is 7.82. The normalized spacial score (nSPS) is 14.8. The molecule has 0 saturated carbocycles. The summed E-state index contributed by atoms with van der Waals surface area (Å²) < 4.78 is 62.1. The molecule has 2 N–H and O–H groups in total. The summed E-state index contributed by atoms with van der Waals surface area (Å²) in [5, 5.41) is 19.1. The maximum Gasteiger partial charge on any atom is 0.201 e. The van der Waals surface area contributed by atoms with Gasteiger partial charge >= 0.3 is 0 Å². The lowest BCUT2D eigenvalue weighted by Gasteiger charge is -2.24. The Hall–Kier alpha value is -3.84. The molecular formula is C36H38F4O3. The molecule has 2 atom stereocenters. The first-order valence-corrected chi connectivity index (χ1v) is 14.8. The lowest BCUT2D eigenvalue weighted by molar-refractivity contribution is 0.180. The number of aliphatic hydroxyl groups excluding tert-OH is 1. The number of phenols is 1. The number of benzene rings is 4. The Morgan fingerprint density at radius 1 is 0.791 bits per heavy atom. The molecule has 0 saturated heterocycles. The van der Waals surface area contributed by atoms with E-state index in [-0.39, 0.29) is 23.8 Å². The molecule has 0 aromatic heterocycles. The molecular weight excluding hydrogens is 556 g/mol. The predicted molar refractivity (Wildman–Crippen MR) is 162 cm³/mol. The van der Waals surface area contributed by atoms with Gasteiger partial charge in [-0.3, -0.25) is 0 Å².